The molecule has 0 aromatic heterocycles. The number of amides is 3. The molecule has 4 rings (SSSR count). The zero-order valence-electron chi connectivity index (χ0n) is 21.7. The molecule has 41 heavy (non-hydrogen) atoms. The summed E-state index contributed by atoms with van der Waals surface area (Å²) >= 11 is 10.9. The van der Waals surface area contributed by atoms with Crippen LogP contribution in [0.5, 0.6) is 0 Å². The van der Waals surface area contributed by atoms with Crippen LogP contribution in [0.2, 0.25) is 5.02 Å². The normalized spacial score (nSPS) is 11.9. The summed E-state index contributed by atoms with van der Waals surface area (Å²) in [4.78, 5) is 39.5. The van der Waals surface area contributed by atoms with E-state index in [-0.39, 0.29) is 27.4 Å². The van der Waals surface area contributed by atoms with Crippen LogP contribution in [0.25, 0.3) is 6.08 Å². The molecule has 0 aliphatic carbocycles. The molecular formula is C31H24BrClFN3O3S. The lowest BCUT2D eigenvalue weighted by atomic mass is 10.1. The van der Waals surface area contributed by atoms with E-state index in [1.165, 1.54) is 36.0 Å². The highest BCUT2D eigenvalue weighted by molar-refractivity contribution is 9.10. The van der Waals surface area contributed by atoms with E-state index in [2.05, 4.69) is 31.9 Å². The summed E-state index contributed by atoms with van der Waals surface area (Å²) in [6.45, 7) is 1.80. The Hall–Kier alpha value is -3.92. The molecule has 1 unspecified atom stereocenters. The van der Waals surface area contributed by atoms with E-state index in [4.69, 9.17) is 11.6 Å². The average molecular weight is 653 g/mol. The Morgan fingerprint density at radius 3 is 2.15 bits per heavy atom. The Morgan fingerprint density at radius 2 is 1.49 bits per heavy atom. The summed E-state index contributed by atoms with van der Waals surface area (Å²) < 4.78 is 15.4. The molecule has 3 N–H and O–H groups in total. The lowest BCUT2D eigenvalue weighted by Crippen LogP contribution is -2.30. The molecule has 0 spiro atoms. The van der Waals surface area contributed by atoms with E-state index in [0.717, 1.165) is 9.37 Å². The van der Waals surface area contributed by atoms with E-state index in [1.807, 2.05) is 24.3 Å². The first-order chi connectivity index (χ1) is 19.7. The van der Waals surface area contributed by atoms with Crippen molar-refractivity contribution in [1.82, 2.24) is 5.32 Å². The number of carbonyl (C=O) groups excluding carboxylic acids is 3. The number of hydrogen-bond donors (Lipinski definition) is 3. The van der Waals surface area contributed by atoms with Crippen LogP contribution in [0.3, 0.4) is 0 Å². The van der Waals surface area contributed by atoms with Crippen molar-refractivity contribution in [3.05, 3.63) is 129 Å². The molecular weight excluding hydrogens is 629 g/mol. The molecule has 6 nitrogen and oxygen atoms in total. The van der Waals surface area contributed by atoms with Gasteiger partial charge in [-0.3, -0.25) is 14.4 Å². The first kappa shape index (κ1) is 30.0. The number of rotatable bonds is 9. The maximum Gasteiger partial charge on any atom is 0.272 e. The molecule has 0 saturated carbocycles. The number of anilines is 2. The van der Waals surface area contributed by atoms with Gasteiger partial charge in [-0.25, -0.2) is 4.39 Å². The van der Waals surface area contributed by atoms with Gasteiger partial charge in [0.05, 0.1) is 10.3 Å². The van der Waals surface area contributed by atoms with Gasteiger partial charge in [0, 0.05) is 31.9 Å². The molecule has 0 bridgehead atoms. The molecule has 0 fully saturated rings. The van der Waals surface area contributed by atoms with Gasteiger partial charge >= 0.3 is 0 Å². The quantitative estimate of drug-likeness (QED) is 0.127. The Balaban J connectivity index is 1.46. The van der Waals surface area contributed by atoms with Gasteiger partial charge in [-0.05, 0) is 85.8 Å². The van der Waals surface area contributed by atoms with Gasteiger partial charge in [0.25, 0.3) is 11.8 Å². The number of thioether (sulfide) groups is 1. The number of hydrogen-bond acceptors (Lipinski definition) is 4. The Morgan fingerprint density at radius 1 is 0.854 bits per heavy atom. The number of nitrogens with one attached hydrogen (secondary N) is 3. The second kappa shape index (κ2) is 14.1. The average Bonchev–Trinajstić information content (AvgIpc) is 2.97. The summed E-state index contributed by atoms with van der Waals surface area (Å²) in [5.41, 5.74) is 1.23. The Labute approximate surface area is 254 Å². The predicted octanol–water partition coefficient (Wildman–Crippen LogP) is 7.77. The molecule has 208 valence electrons. The lowest BCUT2D eigenvalue weighted by Gasteiger charge is -2.14. The first-order valence-corrected chi connectivity index (χ1v) is 14.4. The highest BCUT2D eigenvalue weighted by atomic mass is 79.9. The van der Waals surface area contributed by atoms with Crippen LogP contribution >= 0.6 is 39.3 Å². The maximum atomic E-state index is 14.5. The number of halogens is 3. The van der Waals surface area contributed by atoms with Crippen LogP contribution in [0.4, 0.5) is 15.8 Å². The van der Waals surface area contributed by atoms with Gasteiger partial charge in [0.15, 0.2) is 0 Å². The molecule has 10 heteroatoms. The third kappa shape index (κ3) is 8.53. The number of carbonyl (C=O) groups is 3. The maximum absolute atomic E-state index is 14.5. The van der Waals surface area contributed by atoms with Gasteiger partial charge < -0.3 is 16.0 Å². The molecule has 4 aromatic carbocycles. The molecule has 3 amide bonds. The minimum atomic E-state index is -0.670. The van der Waals surface area contributed by atoms with Gasteiger partial charge in [-0.1, -0.05) is 51.8 Å². The van der Waals surface area contributed by atoms with Crippen molar-refractivity contribution in [3.63, 3.8) is 0 Å². The van der Waals surface area contributed by atoms with Gasteiger partial charge in [0.2, 0.25) is 5.91 Å². The summed E-state index contributed by atoms with van der Waals surface area (Å²) in [6.07, 6.45) is 1.20. The van der Waals surface area contributed by atoms with Crippen molar-refractivity contribution in [2.75, 3.05) is 10.6 Å². The van der Waals surface area contributed by atoms with E-state index in [0.29, 0.717) is 16.9 Å². The van der Waals surface area contributed by atoms with Crippen molar-refractivity contribution in [1.29, 1.82) is 0 Å². The van der Waals surface area contributed by atoms with E-state index in [1.54, 1.807) is 61.5 Å². The van der Waals surface area contributed by atoms with Gasteiger partial charge in [-0.2, -0.15) is 0 Å². The topological polar surface area (TPSA) is 87.3 Å². The fourth-order valence-electron chi connectivity index (χ4n) is 3.59. The van der Waals surface area contributed by atoms with Gasteiger partial charge in [-0.15, -0.1) is 11.8 Å². The summed E-state index contributed by atoms with van der Waals surface area (Å²) in [6, 6.07) is 26.7. The molecule has 4 aromatic rings. The van der Waals surface area contributed by atoms with Crippen LogP contribution in [0.15, 0.2) is 112 Å². The third-order valence-corrected chi connectivity index (χ3v) is 7.69. The Kier molecular flexibility index (Phi) is 10.3. The Bertz CT molecular complexity index is 1560. The van der Waals surface area contributed by atoms with Crippen molar-refractivity contribution in [3.8, 4) is 0 Å². The fraction of sp³-hybridized carbons (Fsp3) is 0.0645. The van der Waals surface area contributed by atoms with Crippen LogP contribution in [0.1, 0.15) is 22.8 Å². The molecule has 1 atom stereocenters. The zero-order valence-corrected chi connectivity index (χ0v) is 24.8. The smallest absolute Gasteiger partial charge is 0.272 e. The van der Waals surface area contributed by atoms with E-state index < -0.39 is 17.6 Å². The summed E-state index contributed by atoms with van der Waals surface area (Å²) in [5, 5.41) is 7.87. The summed E-state index contributed by atoms with van der Waals surface area (Å²) in [5.74, 6) is -2.00. The monoisotopic (exact) mass is 651 g/mol. The first-order valence-electron chi connectivity index (χ1n) is 12.4. The van der Waals surface area contributed by atoms with Crippen molar-refractivity contribution in [2.45, 2.75) is 17.1 Å². The predicted molar refractivity (Wildman–Crippen MR) is 166 cm³/mol. The van der Waals surface area contributed by atoms with E-state index in [9.17, 15) is 18.8 Å². The molecule has 0 saturated heterocycles. The third-order valence-electron chi connectivity index (χ3n) is 5.72. The van der Waals surface area contributed by atoms with Crippen molar-refractivity contribution < 1.29 is 18.8 Å². The largest absolute Gasteiger partial charge is 0.325 e. The lowest BCUT2D eigenvalue weighted by molar-refractivity contribution is -0.115. The van der Waals surface area contributed by atoms with Gasteiger partial charge in [0.1, 0.15) is 11.5 Å². The van der Waals surface area contributed by atoms with Crippen LogP contribution < -0.4 is 16.0 Å². The molecule has 0 aliphatic rings. The van der Waals surface area contributed by atoms with Crippen molar-refractivity contribution in [2.24, 2.45) is 0 Å². The van der Waals surface area contributed by atoms with Crippen molar-refractivity contribution >= 4 is 74.5 Å². The van der Waals surface area contributed by atoms with Crippen LogP contribution in [-0.4, -0.2) is 23.0 Å². The standard InChI is InChI=1S/C31H24BrClFN3O3S/c1-19(29(38)35-22-12-10-21(32)11-13-22)41-24-16-14-23(15-17-24)36-31(40)28(18-25-26(33)8-5-9-27(25)34)37-30(39)20-6-3-2-4-7-20/h2-19H,1H3,(H,35,38)(H,36,40)(H,37,39)/b28-18-. The van der Waals surface area contributed by atoms with Crippen LogP contribution in [0, 0.1) is 5.82 Å². The fourth-order valence-corrected chi connectivity index (χ4v) is 4.93. The SMILES string of the molecule is CC(Sc1ccc(NC(=O)/C(=C/c2c(F)cccc2Cl)NC(=O)c2ccccc2)cc1)C(=O)Nc1ccc(Br)cc1. The molecule has 0 aliphatic heterocycles. The second-order valence-corrected chi connectivity index (χ2v) is 11.5. The zero-order chi connectivity index (χ0) is 29.4. The molecule has 0 radical (unpaired) electrons. The van der Waals surface area contributed by atoms with Crippen LogP contribution in [-0.2, 0) is 9.59 Å². The highest BCUT2D eigenvalue weighted by Gasteiger charge is 2.18. The second-order valence-electron chi connectivity index (χ2n) is 8.75. The molecule has 0 heterocycles. The minimum Gasteiger partial charge on any atom is -0.325 e. The minimum absolute atomic E-state index is 0.0326. The summed E-state index contributed by atoms with van der Waals surface area (Å²) in [7, 11) is 0. The van der Waals surface area contributed by atoms with E-state index >= 15 is 0 Å². The number of benzene rings is 4. The highest BCUT2D eigenvalue weighted by Crippen LogP contribution is 2.27.